The van der Waals surface area contributed by atoms with Gasteiger partial charge in [0.15, 0.2) is 0 Å². The Bertz CT molecular complexity index is 686. The predicted molar refractivity (Wildman–Crippen MR) is 92.3 cm³/mol. The maximum atomic E-state index is 13.7. The van der Waals surface area contributed by atoms with Crippen LogP contribution in [0.2, 0.25) is 5.02 Å². The number of nitrogens with one attached hydrogen (secondary N) is 1. The van der Waals surface area contributed by atoms with Crippen LogP contribution in [0, 0.1) is 12.7 Å². The highest BCUT2D eigenvalue weighted by atomic mass is 35.5. The maximum absolute atomic E-state index is 13.7. The van der Waals surface area contributed by atoms with E-state index < -0.39 is 0 Å². The van der Waals surface area contributed by atoms with Crippen molar-refractivity contribution >= 4 is 35.0 Å². The number of hydrogen-bond donors (Lipinski definition) is 1. The van der Waals surface area contributed by atoms with Crippen molar-refractivity contribution in [1.82, 2.24) is 4.90 Å². The summed E-state index contributed by atoms with van der Waals surface area (Å²) in [6.07, 6.45) is 1.77. The second kappa shape index (κ2) is 7.27. The highest BCUT2D eigenvalue weighted by Gasteiger charge is 2.08. The number of aryl methyl sites for hydroxylation is 1. The van der Waals surface area contributed by atoms with Gasteiger partial charge in [-0.05, 0) is 43.7 Å². The topological polar surface area (TPSA) is 27.6 Å². The lowest BCUT2D eigenvalue weighted by molar-refractivity contribution is 0.552. The summed E-state index contributed by atoms with van der Waals surface area (Å²) in [7, 11) is 1.95. The average Bonchev–Trinajstić information content (AvgIpc) is 2.51. The predicted octanol–water partition coefficient (Wildman–Crippen LogP) is 5.14. The number of aliphatic imine (C=N–C) groups is 1. The van der Waals surface area contributed by atoms with Gasteiger partial charge in [0.05, 0.1) is 28.4 Å². The molecule has 0 aliphatic rings. The Morgan fingerprint density at radius 1 is 1.27 bits per heavy atom. The zero-order valence-corrected chi connectivity index (χ0v) is 13.7. The minimum absolute atomic E-state index is 0.317. The molecule has 0 unspecified atom stereocenters. The molecule has 2 aromatic carbocycles. The molecule has 0 aliphatic carbocycles. The Balaban J connectivity index is 2.27. The molecule has 0 saturated carbocycles. The van der Waals surface area contributed by atoms with Gasteiger partial charge < -0.3 is 10.2 Å². The van der Waals surface area contributed by atoms with Gasteiger partial charge in [-0.15, -0.1) is 0 Å². The molecule has 0 saturated heterocycles. The SMILES string of the molecule is CCN(C)/C=N\c1cc(Cl)c(Nc2ccccc2F)cc1C. The van der Waals surface area contributed by atoms with Crippen LogP contribution in [-0.4, -0.2) is 24.8 Å². The molecule has 0 atom stereocenters. The maximum Gasteiger partial charge on any atom is 0.146 e. The van der Waals surface area contributed by atoms with E-state index in [-0.39, 0.29) is 5.82 Å². The lowest BCUT2D eigenvalue weighted by atomic mass is 10.1. The first-order valence-corrected chi connectivity index (χ1v) is 7.45. The van der Waals surface area contributed by atoms with Crippen molar-refractivity contribution < 1.29 is 4.39 Å². The van der Waals surface area contributed by atoms with E-state index in [4.69, 9.17) is 11.6 Å². The summed E-state index contributed by atoms with van der Waals surface area (Å²) >= 11 is 6.28. The number of rotatable bonds is 5. The van der Waals surface area contributed by atoms with Gasteiger partial charge in [-0.3, -0.25) is 0 Å². The van der Waals surface area contributed by atoms with Gasteiger partial charge in [-0.25, -0.2) is 9.38 Å². The number of nitrogens with zero attached hydrogens (tertiary/aromatic N) is 2. The molecule has 0 bridgehead atoms. The minimum atomic E-state index is -0.317. The molecular formula is C17H19ClFN3. The second-order valence-corrected chi connectivity index (χ2v) is 5.45. The van der Waals surface area contributed by atoms with Gasteiger partial charge in [0.1, 0.15) is 5.82 Å². The molecule has 5 heteroatoms. The Labute approximate surface area is 135 Å². The van der Waals surface area contributed by atoms with Crippen LogP contribution in [-0.2, 0) is 0 Å². The quantitative estimate of drug-likeness (QED) is 0.610. The first-order chi connectivity index (χ1) is 10.5. The molecule has 22 heavy (non-hydrogen) atoms. The molecule has 0 amide bonds. The van der Waals surface area contributed by atoms with Crippen LogP contribution in [0.1, 0.15) is 12.5 Å². The third-order valence-electron chi connectivity index (χ3n) is 3.32. The highest BCUT2D eigenvalue weighted by Crippen LogP contribution is 2.33. The number of benzene rings is 2. The van der Waals surface area contributed by atoms with E-state index in [0.717, 1.165) is 17.8 Å². The zero-order chi connectivity index (χ0) is 16.1. The van der Waals surface area contributed by atoms with Crippen LogP contribution in [0.3, 0.4) is 0 Å². The fraction of sp³-hybridized carbons (Fsp3) is 0.235. The summed E-state index contributed by atoms with van der Waals surface area (Å²) in [5.74, 6) is -0.317. The molecule has 2 rings (SSSR count). The monoisotopic (exact) mass is 319 g/mol. The Kier molecular flexibility index (Phi) is 5.39. The second-order valence-electron chi connectivity index (χ2n) is 5.04. The lowest BCUT2D eigenvalue weighted by Crippen LogP contribution is -2.14. The third kappa shape index (κ3) is 3.98. The number of anilines is 2. The van der Waals surface area contributed by atoms with Crippen molar-refractivity contribution in [2.45, 2.75) is 13.8 Å². The summed E-state index contributed by atoms with van der Waals surface area (Å²) in [5.41, 5.74) is 2.81. The van der Waals surface area contributed by atoms with Crippen molar-refractivity contribution in [2.24, 2.45) is 4.99 Å². The smallest absolute Gasteiger partial charge is 0.146 e. The van der Waals surface area contributed by atoms with Crippen molar-refractivity contribution in [3.63, 3.8) is 0 Å². The van der Waals surface area contributed by atoms with E-state index >= 15 is 0 Å². The third-order valence-corrected chi connectivity index (χ3v) is 3.63. The Morgan fingerprint density at radius 3 is 2.68 bits per heavy atom. The van der Waals surface area contributed by atoms with Gasteiger partial charge in [-0.2, -0.15) is 0 Å². The van der Waals surface area contributed by atoms with Crippen LogP contribution >= 0.6 is 11.6 Å². The van der Waals surface area contributed by atoms with Gasteiger partial charge in [0.25, 0.3) is 0 Å². The van der Waals surface area contributed by atoms with Crippen molar-refractivity contribution in [2.75, 3.05) is 18.9 Å². The van der Waals surface area contributed by atoms with Crippen LogP contribution in [0.4, 0.5) is 21.5 Å². The van der Waals surface area contributed by atoms with E-state index in [0.29, 0.717) is 16.4 Å². The van der Waals surface area contributed by atoms with Crippen molar-refractivity contribution in [3.8, 4) is 0 Å². The number of hydrogen-bond acceptors (Lipinski definition) is 2. The molecule has 0 radical (unpaired) electrons. The van der Waals surface area contributed by atoms with E-state index in [1.807, 2.05) is 31.9 Å². The Hall–Kier alpha value is -2.07. The van der Waals surface area contributed by atoms with E-state index in [1.165, 1.54) is 6.07 Å². The van der Waals surface area contributed by atoms with E-state index in [9.17, 15) is 4.39 Å². The molecule has 1 N–H and O–H groups in total. The first kappa shape index (κ1) is 16.3. The molecular weight excluding hydrogens is 301 g/mol. The molecule has 116 valence electrons. The van der Waals surface area contributed by atoms with Crippen molar-refractivity contribution in [3.05, 3.63) is 52.8 Å². The summed E-state index contributed by atoms with van der Waals surface area (Å²) in [5, 5.41) is 3.52. The highest BCUT2D eigenvalue weighted by molar-refractivity contribution is 6.33. The fourth-order valence-electron chi connectivity index (χ4n) is 1.86. The number of halogens is 2. The van der Waals surface area contributed by atoms with Gasteiger partial charge >= 0.3 is 0 Å². The average molecular weight is 320 g/mol. The standard InChI is InChI=1S/C17H19ClFN3/c1-4-22(3)11-20-16-10-13(18)17(9-12(16)2)21-15-8-6-5-7-14(15)19/h5-11,21H,4H2,1-3H3/b20-11-. The molecule has 0 aliphatic heterocycles. The van der Waals surface area contributed by atoms with Crippen molar-refractivity contribution in [1.29, 1.82) is 0 Å². The molecule has 0 fully saturated rings. The molecule has 0 heterocycles. The molecule has 0 spiro atoms. The normalized spacial score (nSPS) is 11.0. The molecule has 0 aromatic heterocycles. The Morgan fingerprint density at radius 2 is 2.00 bits per heavy atom. The zero-order valence-electron chi connectivity index (χ0n) is 12.9. The molecule has 3 nitrogen and oxygen atoms in total. The van der Waals surface area contributed by atoms with E-state index in [2.05, 4.69) is 10.3 Å². The summed E-state index contributed by atoms with van der Waals surface area (Å²) in [6, 6.07) is 10.1. The first-order valence-electron chi connectivity index (χ1n) is 7.07. The molecule has 2 aromatic rings. The number of para-hydroxylation sites is 1. The summed E-state index contributed by atoms with van der Waals surface area (Å²) in [6.45, 7) is 4.87. The van der Waals surface area contributed by atoms with Gasteiger partial charge in [0, 0.05) is 13.6 Å². The van der Waals surface area contributed by atoms with Crippen LogP contribution < -0.4 is 5.32 Å². The summed E-state index contributed by atoms with van der Waals surface area (Å²) < 4.78 is 13.7. The van der Waals surface area contributed by atoms with E-state index in [1.54, 1.807) is 30.6 Å². The van der Waals surface area contributed by atoms with Gasteiger partial charge in [-0.1, -0.05) is 23.7 Å². The van der Waals surface area contributed by atoms with Gasteiger partial charge in [0.2, 0.25) is 0 Å². The minimum Gasteiger partial charge on any atom is -0.366 e. The largest absolute Gasteiger partial charge is 0.366 e. The van der Waals surface area contributed by atoms with Crippen LogP contribution in [0.25, 0.3) is 0 Å². The van der Waals surface area contributed by atoms with Crippen LogP contribution in [0.15, 0.2) is 41.4 Å². The fourth-order valence-corrected chi connectivity index (χ4v) is 2.06. The summed E-state index contributed by atoms with van der Waals surface area (Å²) in [4.78, 5) is 6.39. The lowest BCUT2D eigenvalue weighted by Gasteiger charge is -2.13. The van der Waals surface area contributed by atoms with Crippen LogP contribution in [0.5, 0.6) is 0 Å².